The first-order chi connectivity index (χ1) is 9.22. The van der Waals surface area contributed by atoms with E-state index in [0.717, 1.165) is 30.8 Å². The average molecular weight is 267 g/mol. The average Bonchev–Trinajstić information content (AvgIpc) is 2.43. The summed E-state index contributed by atoms with van der Waals surface area (Å²) in [4.78, 5) is 8.52. The van der Waals surface area contributed by atoms with Gasteiger partial charge in [0.15, 0.2) is 0 Å². The van der Waals surface area contributed by atoms with Crippen LogP contribution in [0.3, 0.4) is 0 Å². The Labute approximate surface area is 115 Å². The molecule has 5 nitrogen and oxygen atoms in total. The minimum absolute atomic E-state index is 0.0147. The van der Waals surface area contributed by atoms with Crippen molar-refractivity contribution in [1.29, 1.82) is 0 Å². The Hall–Kier alpha value is -1.36. The molecule has 0 aliphatic rings. The summed E-state index contributed by atoms with van der Waals surface area (Å²) in [5.74, 6) is 1.53. The van der Waals surface area contributed by atoms with Crippen LogP contribution in [0.2, 0.25) is 0 Å². The third kappa shape index (κ3) is 5.03. The van der Waals surface area contributed by atoms with Crippen LogP contribution < -0.4 is 10.1 Å². The SMILES string of the molecule is CCCNc1ncnc(OC(C)COCC)c1CC. The lowest BCUT2D eigenvalue weighted by Crippen LogP contribution is -2.21. The van der Waals surface area contributed by atoms with E-state index in [2.05, 4.69) is 29.1 Å². The van der Waals surface area contributed by atoms with Crippen molar-refractivity contribution in [2.24, 2.45) is 0 Å². The second-order valence-electron chi connectivity index (χ2n) is 4.37. The highest BCUT2D eigenvalue weighted by atomic mass is 16.5. The predicted molar refractivity (Wildman–Crippen MR) is 76.8 cm³/mol. The highest BCUT2D eigenvalue weighted by Crippen LogP contribution is 2.23. The number of rotatable bonds is 9. The van der Waals surface area contributed by atoms with Gasteiger partial charge in [-0.3, -0.25) is 0 Å². The third-order valence-electron chi connectivity index (χ3n) is 2.67. The largest absolute Gasteiger partial charge is 0.472 e. The van der Waals surface area contributed by atoms with Crippen LogP contribution in [0.4, 0.5) is 5.82 Å². The highest BCUT2D eigenvalue weighted by molar-refractivity contribution is 5.48. The molecule has 108 valence electrons. The van der Waals surface area contributed by atoms with Crippen molar-refractivity contribution < 1.29 is 9.47 Å². The van der Waals surface area contributed by atoms with Crippen LogP contribution >= 0.6 is 0 Å². The van der Waals surface area contributed by atoms with Gasteiger partial charge in [-0.15, -0.1) is 0 Å². The van der Waals surface area contributed by atoms with Crippen LogP contribution in [0.25, 0.3) is 0 Å². The zero-order chi connectivity index (χ0) is 14.1. The molecule has 0 spiro atoms. The van der Waals surface area contributed by atoms with E-state index in [-0.39, 0.29) is 6.10 Å². The minimum atomic E-state index is -0.0147. The lowest BCUT2D eigenvalue weighted by atomic mass is 10.2. The van der Waals surface area contributed by atoms with Gasteiger partial charge in [-0.2, -0.15) is 0 Å². The fraction of sp³-hybridized carbons (Fsp3) is 0.714. The Balaban J connectivity index is 2.76. The molecule has 1 atom stereocenters. The van der Waals surface area contributed by atoms with Crippen molar-refractivity contribution in [1.82, 2.24) is 9.97 Å². The van der Waals surface area contributed by atoms with E-state index in [0.29, 0.717) is 19.1 Å². The van der Waals surface area contributed by atoms with Gasteiger partial charge in [0.1, 0.15) is 18.2 Å². The molecule has 1 aromatic rings. The molecule has 0 saturated heterocycles. The molecule has 19 heavy (non-hydrogen) atoms. The number of hydrogen-bond donors (Lipinski definition) is 1. The zero-order valence-corrected chi connectivity index (χ0v) is 12.4. The zero-order valence-electron chi connectivity index (χ0n) is 12.4. The number of nitrogens with zero attached hydrogens (tertiary/aromatic N) is 2. The summed E-state index contributed by atoms with van der Waals surface area (Å²) >= 11 is 0. The maximum Gasteiger partial charge on any atom is 0.222 e. The van der Waals surface area contributed by atoms with Crippen LogP contribution in [-0.2, 0) is 11.2 Å². The van der Waals surface area contributed by atoms with Gasteiger partial charge < -0.3 is 14.8 Å². The van der Waals surface area contributed by atoms with Gasteiger partial charge in [-0.05, 0) is 26.7 Å². The highest BCUT2D eigenvalue weighted by Gasteiger charge is 2.13. The number of aromatic nitrogens is 2. The van der Waals surface area contributed by atoms with Crippen molar-refractivity contribution in [3.63, 3.8) is 0 Å². The van der Waals surface area contributed by atoms with Crippen LogP contribution in [0.5, 0.6) is 5.88 Å². The summed E-state index contributed by atoms with van der Waals surface area (Å²) in [5.41, 5.74) is 1.03. The van der Waals surface area contributed by atoms with Crippen molar-refractivity contribution in [3.8, 4) is 5.88 Å². The normalized spacial score (nSPS) is 12.2. The molecule has 0 aromatic carbocycles. The molecule has 1 unspecified atom stereocenters. The molecule has 0 amide bonds. The lowest BCUT2D eigenvalue weighted by molar-refractivity contribution is 0.0628. The quantitative estimate of drug-likeness (QED) is 0.745. The Morgan fingerprint density at radius 2 is 2.05 bits per heavy atom. The number of hydrogen-bond acceptors (Lipinski definition) is 5. The van der Waals surface area contributed by atoms with Crippen molar-refractivity contribution in [2.75, 3.05) is 25.1 Å². The van der Waals surface area contributed by atoms with Crippen molar-refractivity contribution in [3.05, 3.63) is 11.9 Å². The molecule has 0 bridgehead atoms. The fourth-order valence-corrected chi connectivity index (χ4v) is 1.72. The molecule has 1 N–H and O–H groups in total. The van der Waals surface area contributed by atoms with E-state index in [1.165, 1.54) is 0 Å². The van der Waals surface area contributed by atoms with Gasteiger partial charge in [0.25, 0.3) is 0 Å². The molecule has 0 aliphatic heterocycles. The van der Waals surface area contributed by atoms with Gasteiger partial charge in [0.05, 0.1) is 12.2 Å². The van der Waals surface area contributed by atoms with Gasteiger partial charge in [-0.25, -0.2) is 9.97 Å². The summed E-state index contributed by atoms with van der Waals surface area (Å²) in [5, 5.41) is 3.31. The van der Waals surface area contributed by atoms with Gasteiger partial charge >= 0.3 is 0 Å². The molecular formula is C14H25N3O2. The van der Waals surface area contributed by atoms with E-state index in [9.17, 15) is 0 Å². The Bertz CT molecular complexity index is 372. The van der Waals surface area contributed by atoms with Gasteiger partial charge in [0, 0.05) is 13.2 Å². The van der Waals surface area contributed by atoms with Crippen LogP contribution in [-0.4, -0.2) is 35.8 Å². The monoisotopic (exact) mass is 267 g/mol. The topological polar surface area (TPSA) is 56.3 Å². The van der Waals surface area contributed by atoms with Gasteiger partial charge in [-0.1, -0.05) is 13.8 Å². The van der Waals surface area contributed by atoms with E-state index >= 15 is 0 Å². The smallest absolute Gasteiger partial charge is 0.222 e. The molecule has 1 heterocycles. The lowest BCUT2D eigenvalue weighted by Gasteiger charge is -2.17. The molecular weight excluding hydrogens is 242 g/mol. The van der Waals surface area contributed by atoms with E-state index < -0.39 is 0 Å². The first kappa shape index (κ1) is 15.7. The number of ether oxygens (including phenoxy) is 2. The molecule has 5 heteroatoms. The standard InChI is InChI=1S/C14H25N3O2/c1-5-8-15-13-12(6-2)14(17-10-16-13)19-11(4)9-18-7-3/h10-11H,5-9H2,1-4H3,(H,15,16,17). The van der Waals surface area contributed by atoms with E-state index in [1.54, 1.807) is 6.33 Å². The molecule has 0 saturated carbocycles. The first-order valence-electron chi connectivity index (χ1n) is 7.04. The predicted octanol–water partition coefficient (Wildman–Crippen LogP) is 2.66. The Morgan fingerprint density at radius 1 is 1.26 bits per heavy atom. The van der Waals surface area contributed by atoms with Crippen molar-refractivity contribution in [2.45, 2.75) is 46.6 Å². The Morgan fingerprint density at radius 3 is 2.68 bits per heavy atom. The Kier molecular flexibility index (Phi) is 7.18. The number of nitrogens with one attached hydrogen (secondary N) is 1. The van der Waals surface area contributed by atoms with Crippen molar-refractivity contribution >= 4 is 5.82 Å². The summed E-state index contributed by atoms with van der Waals surface area (Å²) in [6.07, 6.45) is 3.42. The van der Waals surface area contributed by atoms with E-state index in [1.807, 2.05) is 13.8 Å². The molecule has 1 aromatic heterocycles. The second kappa shape index (κ2) is 8.69. The summed E-state index contributed by atoms with van der Waals surface area (Å²) in [6.45, 7) is 10.3. The maximum atomic E-state index is 5.84. The summed E-state index contributed by atoms with van der Waals surface area (Å²) < 4.78 is 11.2. The van der Waals surface area contributed by atoms with E-state index in [4.69, 9.17) is 9.47 Å². The second-order valence-corrected chi connectivity index (χ2v) is 4.37. The fourth-order valence-electron chi connectivity index (χ4n) is 1.72. The molecule has 1 rings (SSSR count). The third-order valence-corrected chi connectivity index (χ3v) is 2.67. The molecule has 0 radical (unpaired) electrons. The van der Waals surface area contributed by atoms with Crippen LogP contribution in [0, 0.1) is 0 Å². The first-order valence-corrected chi connectivity index (χ1v) is 7.04. The maximum absolute atomic E-state index is 5.84. The molecule has 0 fully saturated rings. The van der Waals surface area contributed by atoms with Gasteiger partial charge in [0.2, 0.25) is 5.88 Å². The van der Waals surface area contributed by atoms with Crippen LogP contribution in [0.15, 0.2) is 6.33 Å². The number of anilines is 1. The molecule has 0 aliphatic carbocycles. The minimum Gasteiger partial charge on any atom is -0.472 e. The van der Waals surface area contributed by atoms with Crippen LogP contribution in [0.1, 0.15) is 39.7 Å². The summed E-state index contributed by atoms with van der Waals surface area (Å²) in [7, 11) is 0. The summed E-state index contributed by atoms with van der Waals surface area (Å²) in [6, 6.07) is 0.